The molecule has 0 saturated carbocycles. The van der Waals surface area contributed by atoms with E-state index in [2.05, 4.69) is 5.32 Å². The largest absolute Gasteiger partial charge is 0.496 e. The number of hydrogen-bond donors (Lipinski definition) is 1. The highest BCUT2D eigenvalue weighted by molar-refractivity contribution is 7.99. The van der Waals surface area contributed by atoms with E-state index >= 15 is 0 Å². The van der Waals surface area contributed by atoms with Gasteiger partial charge < -0.3 is 10.1 Å². The van der Waals surface area contributed by atoms with E-state index in [1.807, 2.05) is 24.3 Å². The van der Waals surface area contributed by atoms with E-state index in [4.69, 9.17) is 4.74 Å². The van der Waals surface area contributed by atoms with E-state index in [1.54, 1.807) is 18.9 Å². The van der Waals surface area contributed by atoms with E-state index in [0.29, 0.717) is 17.9 Å². The summed E-state index contributed by atoms with van der Waals surface area (Å²) in [4.78, 5) is 25.9. The van der Waals surface area contributed by atoms with Gasteiger partial charge in [0.05, 0.1) is 13.7 Å². The Hall–Kier alpha value is -1.69. The summed E-state index contributed by atoms with van der Waals surface area (Å²) in [5.41, 5.74) is 0.158. The Morgan fingerprint density at radius 2 is 2.20 bits per heavy atom. The third kappa shape index (κ3) is 2.04. The molecule has 0 aromatic heterocycles. The number of rotatable bonds is 3. The second kappa shape index (κ2) is 5.01. The smallest absolute Gasteiger partial charge is 0.325 e. The van der Waals surface area contributed by atoms with Crippen molar-refractivity contribution in [2.45, 2.75) is 18.5 Å². The molecule has 2 aliphatic heterocycles. The Labute approximate surface area is 121 Å². The van der Waals surface area contributed by atoms with E-state index in [-0.39, 0.29) is 18.5 Å². The summed E-state index contributed by atoms with van der Waals surface area (Å²) in [5, 5.41) is 2.86. The van der Waals surface area contributed by atoms with Gasteiger partial charge in [0.25, 0.3) is 5.91 Å². The summed E-state index contributed by atoms with van der Waals surface area (Å²) < 4.78 is 5.27. The van der Waals surface area contributed by atoms with Gasteiger partial charge in [0.2, 0.25) is 0 Å². The first kappa shape index (κ1) is 13.3. The molecule has 3 rings (SSSR count). The highest BCUT2D eigenvalue weighted by atomic mass is 32.2. The Balaban J connectivity index is 1.84. The van der Waals surface area contributed by atoms with E-state index in [0.717, 1.165) is 11.3 Å². The predicted octanol–water partition coefficient (Wildman–Crippen LogP) is 1.62. The fourth-order valence-corrected chi connectivity index (χ4v) is 3.98. The monoisotopic (exact) mass is 292 g/mol. The van der Waals surface area contributed by atoms with Gasteiger partial charge in [-0.2, -0.15) is 11.8 Å². The van der Waals surface area contributed by atoms with Gasteiger partial charge in [-0.1, -0.05) is 18.2 Å². The molecule has 2 heterocycles. The third-order valence-electron chi connectivity index (χ3n) is 3.79. The first-order valence-electron chi connectivity index (χ1n) is 6.50. The van der Waals surface area contributed by atoms with Gasteiger partial charge >= 0.3 is 6.03 Å². The number of para-hydroxylation sites is 1. The van der Waals surface area contributed by atoms with Crippen LogP contribution >= 0.6 is 11.8 Å². The van der Waals surface area contributed by atoms with Crippen LogP contribution in [0.3, 0.4) is 0 Å². The van der Waals surface area contributed by atoms with Crippen molar-refractivity contribution in [3.63, 3.8) is 0 Å². The molecule has 2 saturated heterocycles. The Bertz CT molecular complexity index is 555. The van der Waals surface area contributed by atoms with Gasteiger partial charge in [-0.15, -0.1) is 0 Å². The Morgan fingerprint density at radius 3 is 2.90 bits per heavy atom. The van der Waals surface area contributed by atoms with Crippen molar-refractivity contribution >= 4 is 23.7 Å². The number of nitrogens with zero attached hydrogens (tertiary/aromatic N) is 1. The van der Waals surface area contributed by atoms with Crippen molar-refractivity contribution in [2.75, 3.05) is 18.6 Å². The minimum Gasteiger partial charge on any atom is -0.496 e. The van der Waals surface area contributed by atoms with Crippen LogP contribution in [0, 0.1) is 0 Å². The number of imide groups is 1. The van der Waals surface area contributed by atoms with E-state index < -0.39 is 5.54 Å². The number of hydrogen-bond acceptors (Lipinski definition) is 4. The molecule has 1 atom stereocenters. The zero-order chi connectivity index (χ0) is 14.2. The molecule has 106 valence electrons. The van der Waals surface area contributed by atoms with Crippen LogP contribution in [0.1, 0.15) is 12.0 Å². The number of benzene rings is 1. The zero-order valence-electron chi connectivity index (χ0n) is 11.2. The van der Waals surface area contributed by atoms with Crippen LogP contribution in [0.2, 0.25) is 0 Å². The summed E-state index contributed by atoms with van der Waals surface area (Å²) in [5.74, 6) is 2.15. The number of carbonyl (C=O) groups is 2. The zero-order valence-corrected chi connectivity index (χ0v) is 12.0. The van der Waals surface area contributed by atoms with Crippen molar-refractivity contribution in [3.8, 4) is 5.75 Å². The Kier molecular flexibility index (Phi) is 3.33. The first-order chi connectivity index (χ1) is 9.66. The quantitative estimate of drug-likeness (QED) is 0.860. The lowest BCUT2D eigenvalue weighted by atomic mass is 9.99. The van der Waals surface area contributed by atoms with Gasteiger partial charge in [0.1, 0.15) is 11.3 Å². The number of thioether (sulfide) groups is 1. The number of carbonyl (C=O) groups excluding carboxylic acids is 2. The van der Waals surface area contributed by atoms with Gasteiger partial charge in [-0.3, -0.25) is 9.69 Å². The molecule has 1 N–H and O–H groups in total. The molecule has 0 bridgehead atoms. The fraction of sp³-hybridized carbons (Fsp3) is 0.429. The molecule has 1 spiro atoms. The SMILES string of the molecule is COc1ccccc1CN1C(=O)N[C@@]2(CCSC2)C1=O. The minimum atomic E-state index is -0.677. The van der Waals surface area contributed by atoms with Crippen molar-refractivity contribution in [1.82, 2.24) is 10.2 Å². The van der Waals surface area contributed by atoms with E-state index in [9.17, 15) is 9.59 Å². The molecule has 2 fully saturated rings. The molecular formula is C14H16N2O3S. The van der Waals surface area contributed by atoms with Crippen LogP contribution in [0.4, 0.5) is 4.79 Å². The van der Waals surface area contributed by atoms with Crippen molar-refractivity contribution in [1.29, 1.82) is 0 Å². The molecule has 1 aromatic rings. The lowest BCUT2D eigenvalue weighted by molar-refractivity contribution is -0.130. The van der Waals surface area contributed by atoms with Crippen molar-refractivity contribution in [3.05, 3.63) is 29.8 Å². The van der Waals surface area contributed by atoms with Crippen LogP contribution in [0.15, 0.2) is 24.3 Å². The van der Waals surface area contributed by atoms with Crippen LogP contribution < -0.4 is 10.1 Å². The molecule has 3 amide bonds. The molecular weight excluding hydrogens is 276 g/mol. The maximum Gasteiger partial charge on any atom is 0.325 e. The standard InChI is InChI=1S/C14H16N2O3S/c1-19-11-5-3-2-4-10(11)8-16-12(17)14(15-13(16)18)6-7-20-9-14/h2-5H,6-9H2,1H3,(H,15,18)/t14-/m1/s1. The highest BCUT2D eigenvalue weighted by Crippen LogP contribution is 2.34. The van der Waals surface area contributed by atoms with Crippen LogP contribution in [0.5, 0.6) is 5.75 Å². The maximum absolute atomic E-state index is 12.5. The lowest BCUT2D eigenvalue weighted by Gasteiger charge is -2.19. The first-order valence-corrected chi connectivity index (χ1v) is 7.65. The number of amides is 3. The van der Waals surface area contributed by atoms with Crippen molar-refractivity contribution < 1.29 is 14.3 Å². The normalized spacial score (nSPS) is 25.4. The molecule has 0 radical (unpaired) electrons. The lowest BCUT2D eigenvalue weighted by Crippen LogP contribution is -2.46. The maximum atomic E-state index is 12.5. The molecule has 6 heteroatoms. The second-order valence-electron chi connectivity index (χ2n) is 5.02. The highest BCUT2D eigenvalue weighted by Gasteiger charge is 2.52. The molecule has 1 aromatic carbocycles. The average Bonchev–Trinajstić information content (AvgIpc) is 3.01. The molecule has 0 aliphatic carbocycles. The summed E-state index contributed by atoms with van der Waals surface area (Å²) in [6.07, 6.45) is 0.713. The predicted molar refractivity (Wildman–Crippen MR) is 76.7 cm³/mol. The topological polar surface area (TPSA) is 58.6 Å². The van der Waals surface area contributed by atoms with Crippen molar-refractivity contribution in [2.24, 2.45) is 0 Å². The third-order valence-corrected chi connectivity index (χ3v) is 4.98. The van der Waals surface area contributed by atoms with Crippen LogP contribution in [-0.2, 0) is 11.3 Å². The second-order valence-corrected chi connectivity index (χ2v) is 6.12. The van der Waals surface area contributed by atoms with Gasteiger partial charge in [0, 0.05) is 11.3 Å². The Morgan fingerprint density at radius 1 is 1.40 bits per heavy atom. The van der Waals surface area contributed by atoms with E-state index in [1.165, 1.54) is 4.90 Å². The van der Waals surface area contributed by atoms with Gasteiger partial charge in [-0.25, -0.2) is 4.79 Å². The van der Waals surface area contributed by atoms with Gasteiger partial charge in [0.15, 0.2) is 0 Å². The van der Waals surface area contributed by atoms with Gasteiger partial charge in [-0.05, 0) is 18.2 Å². The summed E-state index contributed by atoms with van der Waals surface area (Å²) >= 11 is 1.71. The fourth-order valence-electron chi connectivity index (χ4n) is 2.66. The summed E-state index contributed by atoms with van der Waals surface area (Å²) in [6, 6.07) is 7.13. The minimum absolute atomic E-state index is 0.113. The average molecular weight is 292 g/mol. The van der Waals surface area contributed by atoms with Crippen LogP contribution in [-0.4, -0.2) is 41.0 Å². The molecule has 0 unspecified atom stereocenters. The molecule has 2 aliphatic rings. The summed E-state index contributed by atoms with van der Waals surface area (Å²) in [7, 11) is 1.58. The number of ether oxygens (including phenoxy) is 1. The molecule has 20 heavy (non-hydrogen) atoms. The number of urea groups is 1. The number of nitrogens with one attached hydrogen (secondary N) is 1. The molecule has 5 nitrogen and oxygen atoms in total. The van der Waals surface area contributed by atoms with Crippen LogP contribution in [0.25, 0.3) is 0 Å². The summed E-state index contributed by atoms with van der Waals surface area (Å²) in [6.45, 7) is 0.251. The number of methoxy groups -OCH3 is 1.